The van der Waals surface area contributed by atoms with Gasteiger partial charge in [-0.15, -0.1) is 0 Å². The van der Waals surface area contributed by atoms with Crippen molar-refractivity contribution < 1.29 is 17.9 Å². The summed E-state index contributed by atoms with van der Waals surface area (Å²) in [7, 11) is 0. The van der Waals surface area contributed by atoms with Gasteiger partial charge in [0.2, 0.25) is 5.82 Å². The van der Waals surface area contributed by atoms with Crippen molar-refractivity contribution in [2.24, 2.45) is 5.73 Å². The molecule has 0 spiro atoms. The summed E-state index contributed by atoms with van der Waals surface area (Å²) in [5.74, 6) is -2.92. The number of nitrogens with two attached hydrogens (primary N) is 1. The van der Waals surface area contributed by atoms with Crippen LogP contribution in [0, 0.1) is 17.5 Å². The highest BCUT2D eigenvalue weighted by molar-refractivity contribution is 9.10. The van der Waals surface area contributed by atoms with Crippen LogP contribution in [0.25, 0.3) is 0 Å². The molecule has 2 nitrogen and oxygen atoms in total. The summed E-state index contributed by atoms with van der Waals surface area (Å²) in [6.45, 7) is 0.0413. The van der Waals surface area contributed by atoms with Gasteiger partial charge in [0.25, 0.3) is 0 Å². The molecule has 0 unspecified atom stereocenters. The highest BCUT2D eigenvalue weighted by atomic mass is 79.9. The highest BCUT2D eigenvalue weighted by Crippen LogP contribution is 2.26. The van der Waals surface area contributed by atoms with Gasteiger partial charge in [-0.25, -0.2) is 8.78 Å². The molecule has 0 saturated carbocycles. The Morgan fingerprint density at radius 2 is 1.80 bits per heavy atom. The van der Waals surface area contributed by atoms with Crippen LogP contribution in [0.3, 0.4) is 0 Å². The van der Waals surface area contributed by atoms with Gasteiger partial charge < -0.3 is 10.5 Å². The Bertz CT molecular complexity index is 634. The SMILES string of the molecule is NCc1ccc(F)c(COc2cc(Br)cc(F)c2F)c1. The van der Waals surface area contributed by atoms with Crippen LogP contribution >= 0.6 is 15.9 Å². The fraction of sp³-hybridized carbons (Fsp3) is 0.143. The maximum Gasteiger partial charge on any atom is 0.200 e. The molecule has 20 heavy (non-hydrogen) atoms. The van der Waals surface area contributed by atoms with Crippen LogP contribution in [0.5, 0.6) is 5.75 Å². The molecule has 0 bridgehead atoms. The van der Waals surface area contributed by atoms with E-state index in [0.717, 1.165) is 11.6 Å². The molecule has 0 amide bonds. The van der Waals surface area contributed by atoms with Crippen molar-refractivity contribution in [2.75, 3.05) is 0 Å². The fourth-order valence-electron chi connectivity index (χ4n) is 1.66. The van der Waals surface area contributed by atoms with Crippen molar-refractivity contribution in [3.05, 3.63) is 63.4 Å². The molecular formula is C14H11BrF3NO. The smallest absolute Gasteiger partial charge is 0.200 e. The van der Waals surface area contributed by atoms with Crippen LogP contribution in [-0.2, 0) is 13.2 Å². The maximum absolute atomic E-state index is 13.6. The minimum Gasteiger partial charge on any atom is -0.486 e. The van der Waals surface area contributed by atoms with Gasteiger partial charge in [0, 0.05) is 16.6 Å². The molecule has 0 aromatic heterocycles. The first kappa shape index (κ1) is 14.9. The standard InChI is InChI=1S/C14H11BrF3NO/c15-10-4-12(17)14(18)13(5-10)20-7-9-3-8(6-19)1-2-11(9)16/h1-5H,6-7,19H2. The minimum atomic E-state index is -1.11. The lowest BCUT2D eigenvalue weighted by atomic mass is 10.1. The monoisotopic (exact) mass is 345 g/mol. The van der Waals surface area contributed by atoms with E-state index in [1.165, 1.54) is 18.2 Å². The first-order chi connectivity index (χ1) is 9.51. The Balaban J connectivity index is 2.21. The molecule has 0 radical (unpaired) electrons. The second kappa shape index (κ2) is 6.28. The number of halogens is 4. The molecular weight excluding hydrogens is 335 g/mol. The zero-order chi connectivity index (χ0) is 14.7. The van der Waals surface area contributed by atoms with Crippen LogP contribution in [-0.4, -0.2) is 0 Å². The van der Waals surface area contributed by atoms with E-state index in [4.69, 9.17) is 10.5 Å². The Labute approximate surface area is 122 Å². The van der Waals surface area contributed by atoms with Crippen LogP contribution < -0.4 is 10.5 Å². The summed E-state index contributed by atoms with van der Waals surface area (Å²) in [5.41, 5.74) is 6.42. The number of ether oxygens (including phenoxy) is 1. The lowest BCUT2D eigenvalue weighted by Crippen LogP contribution is -2.04. The van der Waals surface area contributed by atoms with E-state index in [2.05, 4.69) is 15.9 Å². The third-order valence-electron chi connectivity index (χ3n) is 2.69. The summed E-state index contributed by atoms with van der Waals surface area (Å²) in [6, 6.07) is 6.61. The van der Waals surface area contributed by atoms with Crippen LogP contribution in [0.4, 0.5) is 13.2 Å². The van der Waals surface area contributed by atoms with Gasteiger partial charge in [0.15, 0.2) is 11.6 Å². The number of hydrogen-bond acceptors (Lipinski definition) is 2. The van der Waals surface area contributed by atoms with Gasteiger partial charge >= 0.3 is 0 Å². The normalized spacial score (nSPS) is 10.7. The van der Waals surface area contributed by atoms with E-state index >= 15 is 0 Å². The van der Waals surface area contributed by atoms with Crippen LogP contribution in [0.15, 0.2) is 34.8 Å². The summed E-state index contributed by atoms with van der Waals surface area (Å²) >= 11 is 3.03. The lowest BCUT2D eigenvalue weighted by Gasteiger charge is -2.10. The van der Waals surface area contributed by atoms with E-state index in [0.29, 0.717) is 4.47 Å². The van der Waals surface area contributed by atoms with Crippen molar-refractivity contribution in [1.29, 1.82) is 0 Å². The average Bonchev–Trinajstić information content (AvgIpc) is 2.42. The van der Waals surface area contributed by atoms with Gasteiger partial charge in [0.1, 0.15) is 12.4 Å². The zero-order valence-electron chi connectivity index (χ0n) is 10.3. The van der Waals surface area contributed by atoms with Gasteiger partial charge in [0.05, 0.1) is 0 Å². The topological polar surface area (TPSA) is 35.2 Å². The largest absolute Gasteiger partial charge is 0.486 e. The van der Waals surface area contributed by atoms with E-state index in [-0.39, 0.29) is 24.5 Å². The summed E-state index contributed by atoms with van der Waals surface area (Å²) in [4.78, 5) is 0. The molecule has 0 aliphatic heterocycles. The van der Waals surface area contributed by atoms with Crippen LogP contribution in [0.2, 0.25) is 0 Å². The molecule has 0 heterocycles. The second-order valence-electron chi connectivity index (χ2n) is 4.12. The fourth-order valence-corrected chi connectivity index (χ4v) is 2.07. The summed E-state index contributed by atoms with van der Waals surface area (Å²) < 4.78 is 45.7. The average molecular weight is 346 g/mol. The second-order valence-corrected chi connectivity index (χ2v) is 5.03. The zero-order valence-corrected chi connectivity index (χ0v) is 11.9. The molecule has 0 aliphatic carbocycles. The predicted molar refractivity (Wildman–Crippen MR) is 72.7 cm³/mol. The molecule has 0 atom stereocenters. The molecule has 0 saturated heterocycles. The Hall–Kier alpha value is -1.53. The van der Waals surface area contributed by atoms with Crippen molar-refractivity contribution in [1.82, 2.24) is 0 Å². The Morgan fingerprint density at radius 1 is 1.05 bits per heavy atom. The Morgan fingerprint density at radius 3 is 2.50 bits per heavy atom. The lowest BCUT2D eigenvalue weighted by molar-refractivity contribution is 0.279. The molecule has 2 rings (SSSR count). The Kier molecular flexibility index (Phi) is 4.67. The van der Waals surface area contributed by atoms with Crippen LogP contribution in [0.1, 0.15) is 11.1 Å². The molecule has 2 N–H and O–H groups in total. The maximum atomic E-state index is 13.6. The molecule has 2 aromatic carbocycles. The molecule has 6 heteroatoms. The van der Waals surface area contributed by atoms with Crippen molar-refractivity contribution in [3.8, 4) is 5.75 Å². The van der Waals surface area contributed by atoms with Gasteiger partial charge in [-0.1, -0.05) is 22.0 Å². The minimum absolute atomic E-state index is 0.216. The van der Waals surface area contributed by atoms with E-state index in [1.54, 1.807) is 6.07 Å². The van der Waals surface area contributed by atoms with Crippen molar-refractivity contribution in [3.63, 3.8) is 0 Å². The molecule has 0 aliphatic rings. The quantitative estimate of drug-likeness (QED) is 0.853. The number of benzene rings is 2. The van der Waals surface area contributed by atoms with Crippen molar-refractivity contribution >= 4 is 15.9 Å². The van der Waals surface area contributed by atoms with Crippen molar-refractivity contribution in [2.45, 2.75) is 13.2 Å². The number of hydrogen-bond donors (Lipinski definition) is 1. The van der Waals surface area contributed by atoms with Gasteiger partial charge in [-0.2, -0.15) is 4.39 Å². The first-order valence-corrected chi connectivity index (χ1v) is 6.55. The number of rotatable bonds is 4. The molecule has 2 aromatic rings. The highest BCUT2D eigenvalue weighted by Gasteiger charge is 2.12. The summed E-state index contributed by atoms with van der Waals surface area (Å²) in [6.07, 6.45) is 0. The van der Waals surface area contributed by atoms with E-state index in [1.807, 2.05) is 0 Å². The van der Waals surface area contributed by atoms with Gasteiger partial charge in [-0.3, -0.25) is 0 Å². The van der Waals surface area contributed by atoms with E-state index < -0.39 is 17.5 Å². The summed E-state index contributed by atoms with van der Waals surface area (Å²) in [5, 5.41) is 0. The van der Waals surface area contributed by atoms with Gasteiger partial charge in [-0.05, 0) is 29.8 Å². The third-order valence-corrected chi connectivity index (χ3v) is 3.15. The van der Waals surface area contributed by atoms with E-state index in [9.17, 15) is 13.2 Å². The molecule has 106 valence electrons. The predicted octanol–water partition coefficient (Wildman–Crippen LogP) is 3.90. The molecule has 0 fully saturated rings. The third kappa shape index (κ3) is 3.32. The first-order valence-electron chi connectivity index (χ1n) is 5.76.